The van der Waals surface area contributed by atoms with Crippen molar-refractivity contribution in [1.29, 1.82) is 0 Å². The normalized spacial score (nSPS) is 19.0. The summed E-state index contributed by atoms with van der Waals surface area (Å²) < 4.78 is 86.1. The van der Waals surface area contributed by atoms with Crippen LogP contribution >= 0.6 is 0 Å². The number of sulfonamides is 1. The van der Waals surface area contributed by atoms with Crippen molar-refractivity contribution < 1.29 is 30.8 Å². The van der Waals surface area contributed by atoms with Crippen LogP contribution in [-0.2, 0) is 29.2 Å². The van der Waals surface area contributed by atoms with Gasteiger partial charge in [-0.2, -0.15) is 27.7 Å². The van der Waals surface area contributed by atoms with Gasteiger partial charge >= 0.3 is 6.18 Å². The van der Waals surface area contributed by atoms with Gasteiger partial charge in [-0.25, -0.2) is 17.5 Å². The largest absolute Gasteiger partial charge is 0.416 e. The second-order valence-electron chi connectivity index (χ2n) is 10.7. The molecule has 1 aliphatic carbocycles. The topological polar surface area (TPSA) is 103 Å². The zero-order chi connectivity index (χ0) is 30.6. The van der Waals surface area contributed by atoms with Crippen molar-refractivity contribution in [2.45, 2.75) is 43.8 Å². The minimum Gasteiger partial charge on any atom is -0.291 e. The molecule has 9 nitrogen and oxygen atoms in total. The Morgan fingerprint density at radius 1 is 1.09 bits per heavy atom. The minimum atomic E-state index is -4.70. The van der Waals surface area contributed by atoms with Gasteiger partial charge in [-0.3, -0.25) is 14.5 Å². The van der Waals surface area contributed by atoms with Gasteiger partial charge in [0.25, 0.3) is 0 Å². The molecule has 14 heteroatoms. The number of fused-ring (bicyclic) bond motifs is 2. The Hall–Kier alpha value is -4.17. The Morgan fingerprint density at radius 2 is 1.86 bits per heavy atom. The number of piperidine rings is 1. The number of rotatable bonds is 7. The molecule has 0 amide bonds. The van der Waals surface area contributed by atoms with E-state index in [9.17, 15) is 30.8 Å². The summed E-state index contributed by atoms with van der Waals surface area (Å²) in [7, 11) is -4.10. The van der Waals surface area contributed by atoms with Crippen molar-refractivity contribution in [3.8, 4) is 5.69 Å². The van der Waals surface area contributed by atoms with E-state index in [-0.39, 0.29) is 30.8 Å². The first kappa shape index (κ1) is 28.9. The lowest BCUT2D eigenvalue weighted by Gasteiger charge is -2.44. The highest BCUT2D eigenvalue weighted by Crippen LogP contribution is 2.47. The predicted octanol–water partition coefficient (Wildman–Crippen LogP) is 4.94. The summed E-state index contributed by atoms with van der Waals surface area (Å²) in [6.45, 7) is 2.18. The molecule has 1 unspecified atom stereocenters. The Balaban J connectivity index is 1.45. The van der Waals surface area contributed by atoms with Gasteiger partial charge in [-0.15, -0.1) is 0 Å². The third-order valence-electron chi connectivity index (χ3n) is 7.91. The number of Topliss-reactive ketones (excluding diaryl/α,β-unsaturated/α-hetero) is 1. The highest BCUT2D eigenvalue weighted by atomic mass is 32.2. The number of alkyl halides is 3. The van der Waals surface area contributed by atoms with E-state index in [1.54, 1.807) is 22.9 Å². The molecule has 224 valence electrons. The Bertz CT molecular complexity index is 1850. The maximum atomic E-state index is 14.3. The summed E-state index contributed by atoms with van der Waals surface area (Å²) in [4.78, 5) is 18.2. The maximum absolute atomic E-state index is 14.3. The van der Waals surface area contributed by atoms with Gasteiger partial charge in [0.1, 0.15) is 16.4 Å². The minimum absolute atomic E-state index is 0.0206. The molecule has 1 aliphatic heterocycles. The molecular weight excluding hydrogens is 588 g/mol. The second kappa shape index (κ2) is 10.5. The van der Waals surface area contributed by atoms with Crippen LogP contribution in [-0.4, -0.2) is 56.1 Å². The molecule has 43 heavy (non-hydrogen) atoms. The fraction of sp³-hybridized carbons (Fsp3) is 0.310. The molecule has 6 rings (SSSR count). The van der Waals surface area contributed by atoms with Gasteiger partial charge in [-0.1, -0.05) is 12.5 Å². The van der Waals surface area contributed by atoms with Gasteiger partial charge in [0, 0.05) is 32.0 Å². The van der Waals surface area contributed by atoms with Crippen LogP contribution in [0.5, 0.6) is 0 Å². The first-order valence-electron chi connectivity index (χ1n) is 13.6. The quantitative estimate of drug-likeness (QED) is 0.216. The van der Waals surface area contributed by atoms with Crippen LogP contribution in [0, 0.1) is 11.2 Å². The Morgan fingerprint density at radius 3 is 2.58 bits per heavy atom. The zero-order valence-corrected chi connectivity index (χ0v) is 23.7. The SMILES string of the molecule is CCCn1cc(S(=O)(=O)N2CCC3=Cc4c(cnn4-c4ccc(F)cc4)CC3(C(=O)c3cc(C(F)(F)F)ccn3)C2)cn1. The highest BCUT2D eigenvalue weighted by molar-refractivity contribution is 7.89. The van der Waals surface area contributed by atoms with E-state index in [0.717, 1.165) is 18.7 Å². The number of carbonyl (C=O) groups is 1. The van der Waals surface area contributed by atoms with Crippen molar-refractivity contribution in [2.75, 3.05) is 13.1 Å². The molecule has 1 saturated heterocycles. The number of ketones is 1. The molecule has 1 fully saturated rings. The lowest BCUT2D eigenvalue weighted by molar-refractivity contribution is -0.137. The van der Waals surface area contributed by atoms with Crippen LogP contribution in [0.2, 0.25) is 0 Å². The summed E-state index contributed by atoms with van der Waals surface area (Å²) in [6.07, 6.45) is 3.04. The predicted molar refractivity (Wildman–Crippen MR) is 147 cm³/mol. The van der Waals surface area contributed by atoms with E-state index in [0.29, 0.717) is 35.1 Å². The molecule has 0 radical (unpaired) electrons. The second-order valence-corrected chi connectivity index (χ2v) is 12.6. The number of benzene rings is 1. The standard InChI is InChI=1S/C29H26F4N6O3S/c1-2-10-37-17-24(16-35-37)43(41,42)38-11-8-20-13-26-19(15-36-39(26)23-5-3-22(30)4-6-23)14-28(20,18-38)27(40)25-12-21(7-9-34-25)29(31,32)33/h3-7,9,12-13,15-17H,2,8,10-11,14,18H2,1H3. The summed E-state index contributed by atoms with van der Waals surface area (Å²) in [5.74, 6) is -1.14. The average Bonchev–Trinajstić information content (AvgIpc) is 3.63. The number of carbonyl (C=O) groups excluding carboxylic acids is 1. The summed E-state index contributed by atoms with van der Waals surface area (Å²) in [6, 6.07) is 7.16. The molecular formula is C29H26F4N6O3S. The van der Waals surface area contributed by atoms with Crippen molar-refractivity contribution in [1.82, 2.24) is 28.9 Å². The van der Waals surface area contributed by atoms with Crippen LogP contribution < -0.4 is 0 Å². The van der Waals surface area contributed by atoms with Crippen LogP contribution in [0.4, 0.5) is 17.6 Å². The molecule has 0 bridgehead atoms. The molecule has 0 saturated carbocycles. The molecule has 2 aliphatic rings. The number of aromatic nitrogens is 5. The van der Waals surface area contributed by atoms with Crippen LogP contribution in [0.1, 0.15) is 47.1 Å². The number of pyridine rings is 1. The van der Waals surface area contributed by atoms with Crippen LogP contribution in [0.25, 0.3) is 11.8 Å². The third kappa shape index (κ3) is 5.07. The van der Waals surface area contributed by atoms with E-state index in [1.165, 1.54) is 39.7 Å². The van der Waals surface area contributed by atoms with Crippen molar-refractivity contribution in [2.24, 2.45) is 5.41 Å². The molecule has 3 aromatic heterocycles. The molecule has 1 aromatic carbocycles. The van der Waals surface area contributed by atoms with Gasteiger partial charge in [-0.05, 0) is 67.3 Å². The Labute approximate surface area is 244 Å². The van der Waals surface area contributed by atoms with Crippen LogP contribution in [0.15, 0.2) is 71.7 Å². The fourth-order valence-electron chi connectivity index (χ4n) is 5.76. The van der Waals surface area contributed by atoms with E-state index < -0.39 is 44.5 Å². The number of hydrogen-bond donors (Lipinski definition) is 0. The lowest BCUT2D eigenvalue weighted by atomic mass is 9.65. The van der Waals surface area contributed by atoms with E-state index in [4.69, 9.17) is 0 Å². The van der Waals surface area contributed by atoms with E-state index in [2.05, 4.69) is 15.2 Å². The van der Waals surface area contributed by atoms with Gasteiger partial charge < -0.3 is 0 Å². The van der Waals surface area contributed by atoms with Crippen molar-refractivity contribution in [3.05, 3.63) is 95.1 Å². The van der Waals surface area contributed by atoms with E-state index in [1.807, 2.05) is 6.92 Å². The Kier molecular flexibility index (Phi) is 7.08. The number of hydrogen-bond acceptors (Lipinski definition) is 6. The smallest absolute Gasteiger partial charge is 0.291 e. The maximum Gasteiger partial charge on any atom is 0.416 e. The monoisotopic (exact) mass is 614 g/mol. The summed E-state index contributed by atoms with van der Waals surface area (Å²) in [5, 5.41) is 8.56. The van der Waals surface area contributed by atoms with Gasteiger partial charge in [0.2, 0.25) is 10.0 Å². The summed E-state index contributed by atoms with van der Waals surface area (Å²) >= 11 is 0. The summed E-state index contributed by atoms with van der Waals surface area (Å²) in [5.41, 5.74) is -0.640. The fourth-order valence-corrected chi connectivity index (χ4v) is 7.22. The first-order valence-corrected chi connectivity index (χ1v) is 15.0. The molecule has 0 N–H and O–H groups in total. The molecule has 1 atom stereocenters. The number of halogens is 4. The van der Waals surface area contributed by atoms with Crippen molar-refractivity contribution in [3.63, 3.8) is 0 Å². The average molecular weight is 615 g/mol. The molecule has 4 heterocycles. The molecule has 4 aromatic rings. The first-order chi connectivity index (χ1) is 20.4. The highest BCUT2D eigenvalue weighted by Gasteiger charge is 2.51. The van der Waals surface area contributed by atoms with Gasteiger partial charge in [0.15, 0.2) is 5.78 Å². The van der Waals surface area contributed by atoms with Crippen LogP contribution in [0.3, 0.4) is 0 Å². The zero-order valence-electron chi connectivity index (χ0n) is 22.9. The molecule has 0 spiro atoms. The van der Waals surface area contributed by atoms with Crippen molar-refractivity contribution >= 4 is 21.9 Å². The van der Waals surface area contributed by atoms with E-state index >= 15 is 0 Å². The third-order valence-corrected chi connectivity index (χ3v) is 9.70. The number of nitrogens with zero attached hydrogens (tertiary/aromatic N) is 6. The lowest BCUT2D eigenvalue weighted by Crippen LogP contribution is -2.53. The van der Waals surface area contributed by atoms with Gasteiger partial charge in [0.05, 0.1) is 34.8 Å². The number of aryl methyl sites for hydroxylation is 1.